The maximum Gasteiger partial charge on any atom is 0.269 e. The Morgan fingerprint density at radius 1 is 0.667 bits per heavy atom. The van der Waals surface area contributed by atoms with E-state index in [1.807, 2.05) is 0 Å². The number of carbonyl (C=O) groups excluding carboxylic acids is 3. The highest BCUT2D eigenvalue weighted by Gasteiger charge is 2.22. The number of carbonyl (C=O) groups is 3. The molecule has 0 aliphatic heterocycles. The van der Waals surface area contributed by atoms with Gasteiger partial charge in [0.15, 0.2) is 0 Å². The number of anilines is 1. The number of rotatable bonds is 4. The highest BCUT2D eigenvalue weighted by Crippen LogP contribution is 2.25. The highest BCUT2D eigenvalue weighted by atomic mass is 16.2. The quantitative estimate of drug-likeness (QED) is 0.707. The van der Waals surface area contributed by atoms with Crippen molar-refractivity contribution in [2.75, 3.05) is 5.32 Å². The largest absolute Gasteiger partial charge is 0.326 e. The zero-order chi connectivity index (χ0) is 19.1. The van der Waals surface area contributed by atoms with Gasteiger partial charge in [0, 0.05) is 23.1 Å². The summed E-state index contributed by atoms with van der Waals surface area (Å²) in [6, 6.07) is 6.74. The number of benzene rings is 1. The van der Waals surface area contributed by atoms with Crippen LogP contribution < -0.4 is 16.2 Å². The van der Waals surface area contributed by atoms with Gasteiger partial charge < -0.3 is 5.32 Å². The van der Waals surface area contributed by atoms with Crippen molar-refractivity contribution in [2.45, 2.75) is 64.2 Å². The molecule has 146 valence electrons. The minimum atomic E-state index is -0.357. The molecule has 3 amide bonds. The lowest BCUT2D eigenvalue weighted by Crippen LogP contribution is -2.44. The summed E-state index contributed by atoms with van der Waals surface area (Å²) >= 11 is 0. The third kappa shape index (κ3) is 5.55. The molecule has 0 bridgehead atoms. The molecule has 2 fully saturated rings. The number of hydrogen-bond donors (Lipinski definition) is 3. The maximum atomic E-state index is 12.3. The lowest BCUT2D eigenvalue weighted by molar-refractivity contribution is -0.126. The molecule has 27 heavy (non-hydrogen) atoms. The highest BCUT2D eigenvalue weighted by molar-refractivity contribution is 5.97. The number of nitrogens with one attached hydrogen (secondary N) is 3. The van der Waals surface area contributed by atoms with Crippen molar-refractivity contribution in [1.29, 1.82) is 0 Å². The zero-order valence-electron chi connectivity index (χ0n) is 15.8. The average Bonchev–Trinajstić information content (AvgIpc) is 2.73. The van der Waals surface area contributed by atoms with Crippen molar-refractivity contribution in [3.63, 3.8) is 0 Å². The second-order valence-electron chi connectivity index (χ2n) is 7.68. The van der Waals surface area contributed by atoms with E-state index in [2.05, 4.69) is 16.2 Å². The van der Waals surface area contributed by atoms with Crippen LogP contribution >= 0.6 is 0 Å². The van der Waals surface area contributed by atoms with E-state index in [1.165, 1.54) is 12.8 Å². The lowest BCUT2D eigenvalue weighted by Gasteiger charge is -2.21. The fourth-order valence-electron chi connectivity index (χ4n) is 3.97. The van der Waals surface area contributed by atoms with Crippen LogP contribution in [-0.2, 0) is 9.59 Å². The Morgan fingerprint density at radius 3 is 1.74 bits per heavy atom. The second kappa shape index (κ2) is 9.53. The zero-order valence-corrected chi connectivity index (χ0v) is 15.8. The van der Waals surface area contributed by atoms with E-state index in [4.69, 9.17) is 0 Å². The SMILES string of the molecule is O=C(NNC(=O)C1CCCCC1)c1ccc(NC(=O)C2CCCCC2)cc1. The Hall–Kier alpha value is -2.37. The lowest BCUT2D eigenvalue weighted by atomic mass is 9.88. The van der Waals surface area contributed by atoms with Gasteiger partial charge in [0.05, 0.1) is 0 Å². The second-order valence-corrected chi connectivity index (χ2v) is 7.68. The molecule has 1 aromatic rings. The van der Waals surface area contributed by atoms with Crippen LogP contribution in [0.1, 0.15) is 74.6 Å². The first-order valence-electron chi connectivity index (χ1n) is 10.1. The summed E-state index contributed by atoms with van der Waals surface area (Å²) in [5, 5.41) is 2.93. The Balaban J connectivity index is 1.46. The summed E-state index contributed by atoms with van der Waals surface area (Å²) in [6.45, 7) is 0. The van der Waals surface area contributed by atoms with E-state index in [9.17, 15) is 14.4 Å². The summed E-state index contributed by atoms with van der Waals surface area (Å²) in [4.78, 5) is 36.6. The van der Waals surface area contributed by atoms with E-state index in [0.717, 1.165) is 51.4 Å². The molecular formula is C21H29N3O3. The Morgan fingerprint density at radius 2 is 1.19 bits per heavy atom. The molecule has 0 unspecified atom stereocenters. The maximum absolute atomic E-state index is 12.3. The molecule has 2 saturated carbocycles. The molecule has 0 atom stereocenters. The summed E-state index contributed by atoms with van der Waals surface area (Å²) in [6.07, 6.45) is 10.4. The molecule has 0 saturated heterocycles. The van der Waals surface area contributed by atoms with E-state index >= 15 is 0 Å². The van der Waals surface area contributed by atoms with Crippen LogP contribution in [0.3, 0.4) is 0 Å². The molecule has 2 aliphatic rings. The minimum Gasteiger partial charge on any atom is -0.326 e. The molecular weight excluding hydrogens is 342 g/mol. The van der Waals surface area contributed by atoms with Crippen LogP contribution in [0, 0.1) is 11.8 Å². The molecule has 0 heterocycles. The molecule has 3 rings (SSSR count). The summed E-state index contributed by atoms with van der Waals surface area (Å²) < 4.78 is 0. The Labute approximate surface area is 160 Å². The average molecular weight is 371 g/mol. The van der Waals surface area contributed by atoms with Gasteiger partial charge in [-0.05, 0) is 49.9 Å². The normalized spacial score (nSPS) is 18.5. The monoisotopic (exact) mass is 371 g/mol. The summed E-state index contributed by atoms with van der Waals surface area (Å²) in [7, 11) is 0. The molecule has 0 radical (unpaired) electrons. The van der Waals surface area contributed by atoms with Gasteiger partial charge in [0.1, 0.15) is 0 Å². The van der Waals surface area contributed by atoms with Crippen LogP contribution in [-0.4, -0.2) is 17.7 Å². The van der Waals surface area contributed by atoms with Crippen LogP contribution in [0.15, 0.2) is 24.3 Å². The van der Waals surface area contributed by atoms with Gasteiger partial charge in [-0.25, -0.2) is 0 Å². The predicted molar refractivity (Wildman–Crippen MR) is 104 cm³/mol. The van der Waals surface area contributed by atoms with E-state index in [-0.39, 0.29) is 29.6 Å². The van der Waals surface area contributed by atoms with E-state index < -0.39 is 0 Å². The van der Waals surface area contributed by atoms with Crippen molar-refractivity contribution in [3.8, 4) is 0 Å². The van der Waals surface area contributed by atoms with Gasteiger partial charge in [-0.1, -0.05) is 38.5 Å². The standard InChI is InChI=1S/C21H29N3O3/c25-19(15-7-3-1-4-8-15)22-18-13-11-17(12-14-18)21(27)24-23-20(26)16-9-5-2-6-10-16/h11-16H,1-10H2,(H,22,25)(H,23,26)(H,24,27). The molecule has 6 heteroatoms. The van der Waals surface area contributed by atoms with Crippen LogP contribution in [0.25, 0.3) is 0 Å². The topological polar surface area (TPSA) is 87.3 Å². The van der Waals surface area contributed by atoms with E-state index in [0.29, 0.717) is 11.3 Å². The van der Waals surface area contributed by atoms with Gasteiger partial charge in [-0.15, -0.1) is 0 Å². The smallest absolute Gasteiger partial charge is 0.269 e. The molecule has 2 aliphatic carbocycles. The number of amides is 3. The summed E-state index contributed by atoms with van der Waals surface area (Å²) in [5.41, 5.74) is 6.14. The van der Waals surface area contributed by atoms with Crippen molar-refractivity contribution in [2.24, 2.45) is 11.8 Å². The first-order valence-corrected chi connectivity index (χ1v) is 10.1. The van der Waals surface area contributed by atoms with Gasteiger partial charge >= 0.3 is 0 Å². The third-order valence-corrected chi connectivity index (χ3v) is 5.67. The molecule has 1 aromatic carbocycles. The molecule has 0 aromatic heterocycles. The van der Waals surface area contributed by atoms with E-state index in [1.54, 1.807) is 24.3 Å². The van der Waals surface area contributed by atoms with Crippen LogP contribution in [0.4, 0.5) is 5.69 Å². The van der Waals surface area contributed by atoms with Gasteiger partial charge in [-0.3, -0.25) is 25.2 Å². The molecule has 6 nitrogen and oxygen atoms in total. The summed E-state index contributed by atoms with van der Waals surface area (Å²) in [5.74, 6) is -0.316. The minimum absolute atomic E-state index is 0.00331. The Kier molecular flexibility index (Phi) is 6.85. The van der Waals surface area contributed by atoms with Crippen molar-refractivity contribution in [1.82, 2.24) is 10.9 Å². The Bertz CT molecular complexity index is 660. The van der Waals surface area contributed by atoms with Gasteiger partial charge in [0.2, 0.25) is 11.8 Å². The van der Waals surface area contributed by atoms with Crippen molar-refractivity contribution >= 4 is 23.4 Å². The van der Waals surface area contributed by atoms with Gasteiger partial charge in [0.25, 0.3) is 5.91 Å². The molecule has 0 spiro atoms. The first kappa shape index (κ1) is 19.4. The van der Waals surface area contributed by atoms with Crippen LogP contribution in [0.5, 0.6) is 0 Å². The molecule has 3 N–H and O–H groups in total. The third-order valence-electron chi connectivity index (χ3n) is 5.67. The van der Waals surface area contributed by atoms with Crippen molar-refractivity contribution < 1.29 is 14.4 Å². The number of hydrazine groups is 1. The van der Waals surface area contributed by atoms with Crippen molar-refractivity contribution in [3.05, 3.63) is 29.8 Å². The fraction of sp³-hybridized carbons (Fsp3) is 0.571. The number of hydrogen-bond acceptors (Lipinski definition) is 3. The predicted octanol–water partition coefficient (Wildman–Crippen LogP) is 3.55. The fourth-order valence-corrected chi connectivity index (χ4v) is 3.97. The van der Waals surface area contributed by atoms with Crippen LogP contribution in [0.2, 0.25) is 0 Å². The first-order chi connectivity index (χ1) is 13.1. The van der Waals surface area contributed by atoms with Gasteiger partial charge in [-0.2, -0.15) is 0 Å².